The highest BCUT2D eigenvalue weighted by Gasteiger charge is 2.48. The minimum atomic E-state index is -3.63. The second kappa shape index (κ2) is 6.07. The molecular formula is C17H19ClFN3O2S. The predicted molar refractivity (Wildman–Crippen MR) is 92.5 cm³/mol. The summed E-state index contributed by atoms with van der Waals surface area (Å²) in [6.07, 6.45) is 6.52. The summed E-state index contributed by atoms with van der Waals surface area (Å²) < 4.78 is 43.2. The van der Waals surface area contributed by atoms with Crippen LogP contribution in [0, 0.1) is 12.7 Å². The molecule has 25 heavy (non-hydrogen) atoms. The maximum Gasteiger partial charge on any atom is 0.243 e. The molecule has 2 aliphatic heterocycles. The minimum absolute atomic E-state index is 0.0545. The van der Waals surface area contributed by atoms with E-state index >= 15 is 0 Å². The van der Waals surface area contributed by atoms with Crippen LogP contribution in [-0.2, 0) is 10.0 Å². The monoisotopic (exact) mass is 383 g/mol. The molecule has 0 saturated carbocycles. The normalized spacial score (nSPS) is 26.9. The molecule has 0 radical (unpaired) electrons. The van der Waals surface area contributed by atoms with E-state index in [0.29, 0.717) is 23.4 Å². The summed E-state index contributed by atoms with van der Waals surface area (Å²) in [7, 11) is -3.63. The van der Waals surface area contributed by atoms with Crippen LogP contribution in [0.3, 0.4) is 0 Å². The number of aryl methyl sites for hydroxylation is 1. The highest BCUT2D eigenvalue weighted by molar-refractivity contribution is 7.89. The van der Waals surface area contributed by atoms with Gasteiger partial charge in [0.15, 0.2) is 0 Å². The number of benzene rings is 1. The molecule has 0 N–H and O–H groups in total. The van der Waals surface area contributed by atoms with E-state index in [1.807, 2.05) is 4.68 Å². The molecule has 0 spiro atoms. The number of aromatic nitrogens is 2. The molecule has 2 aliphatic rings. The van der Waals surface area contributed by atoms with Crippen LogP contribution in [0.4, 0.5) is 4.39 Å². The van der Waals surface area contributed by atoms with Gasteiger partial charge in [0.25, 0.3) is 0 Å². The van der Waals surface area contributed by atoms with Crippen LogP contribution < -0.4 is 0 Å². The third-order valence-electron chi connectivity index (χ3n) is 5.28. The minimum Gasteiger partial charge on any atom is -0.268 e. The average Bonchev–Trinajstić information content (AvgIpc) is 3.09. The molecule has 2 fully saturated rings. The molecule has 1 aromatic carbocycles. The second-order valence-electron chi connectivity index (χ2n) is 6.89. The fourth-order valence-electron chi connectivity index (χ4n) is 4.24. The lowest BCUT2D eigenvalue weighted by molar-refractivity contribution is 0.184. The zero-order chi connectivity index (χ0) is 17.8. The molecule has 4 rings (SSSR count). The molecule has 1 aromatic heterocycles. The van der Waals surface area contributed by atoms with Gasteiger partial charge in [-0.15, -0.1) is 0 Å². The molecule has 3 heterocycles. The quantitative estimate of drug-likeness (QED) is 0.814. The van der Waals surface area contributed by atoms with Gasteiger partial charge in [-0.25, -0.2) is 12.8 Å². The Balaban J connectivity index is 1.64. The van der Waals surface area contributed by atoms with Crippen LogP contribution in [0.5, 0.6) is 0 Å². The number of fused-ring (bicyclic) bond motifs is 2. The van der Waals surface area contributed by atoms with Crippen molar-refractivity contribution in [2.75, 3.05) is 0 Å². The Hall–Kier alpha value is -1.44. The van der Waals surface area contributed by atoms with E-state index in [-0.39, 0.29) is 23.0 Å². The highest BCUT2D eigenvalue weighted by atomic mass is 35.5. The second-order valence-corrected chi connectivity index (χ2v) is 9.14. The summed E-state index contributed by atoms with van der Waals surface area (Å²) in [4.78, 5) is 0.200. The van der Waals surface area contributed by atoms with E-state index in [2.05, 4.69) is 5.10 Å². The van der Waals surface area contributed by atoms with Gasteiger partial charge in [-0.2, -0.15) is 9.40 Å². The van der Waals surface area contributed by atoms with Gasteiger partial charge >= 0.3 is 0 Å². The van der Waals surface area contributed by atoms with Gasteiger partial charge in [0.05, 0.1) is 22.2 Å². The van der Waals surface area contributed by atoms with E-state index in [1.165, 1.54) is 18.2 Å². The van der Waals surface area contributed by atoms with Gasteiger partial charge in [-0.05, 0) is 56.4 Å². The summed E-state index contributed by atoms with van der Waals surface area (Å²) in [5, 5.41) is 4.87. The van der Waals surface area contributed by atoms with Gasteiger partial charge in [0.2, 0.25) is 10.0 Å². The predicted octanol–water partition coefficient (Wildman–Crippen LogP) is 3.54. The third kappa shape index (κ3) is 2.88. The van der Waals surface area contributed by atoms with Crippen molar-refractivity contribution >= 4 is 21.6 Å². The molecule has 134 valence electrons. The molecule has 0 aliphatic carbocycles. The molecule has 2 saturated heterocycles. The lowest BCUT2D eigenvalue weighted by Crippen LogP contribution is -2.47. The van der Waals surface area contributed by atoms with Crippen LogP contribution in [-0.4, -0.2) is 34.6 Å². The fourth-order valence-corrected chi connectivity index (χ4v) is 6.49. The lowest BCUT2D eigenvalue weighted by Gasteiger charge is -2.38. The maximum absolute atomic E-state index is 13.4. The Labute approximate surface area is 151 Å². The number of nitrogens with zero attached hydrogens (tertiary/aromatic N) is 3. The van der Waals surface area contributed by atoms with Crippen LogP contribution in [0.15, 0.2) is 35.5 Å². The Bertz CT molecular complexity index is 900. The van der Waals surface area contributed by atoms with Crippen LogP contribution >= 0.6 is 11.6 Å². The summed E-state index contributed by atoms with van der Waals surface area (Å²) in [5.41, 5.74) is 0.445. The summed E-state index contributed by atoms with van der Waals surface area (Å²) in [5.74, 6) is -0.423. The number of sulfonamides is 1. The smallest absolute Gasteiger partial charge is 0.243 e. The van der Waals surface area contributed by atoms with E-state index in [0.717, 1.165) is 12.8 Å². The Morgan fingerprint density at radius 1 is 1.20 bits per heavy atom. The van der Waals surface area contributed by atoms with E-state index in [9.17, 15) is 12.8 Å². The largest absolute Gasteiger partial charge is 0.268 e. The zero-order valence-electron chi connectivity index (χ0n) is 13.8. The van der Waals surface area contributed by atoms with Gasteiger partial charge < -0.3 is 0 Å². The number of hydrogen-bond acceptors (Lipinski definition) is 3. The standard InChI is InChI=1S/C17H19ClFN3O2S/c1-11-6-13(19)2-5-17(11)25(23,24)22-14-3-4-15(22)8-16(7-14)21-10-12(18)9-20-21/h2,5-6,9-10,14-16H,3-4,7-8H2,1H3. The maximum atomic E-state index is 13.4. The molecule has 2 bridgehead atoms. The van der Waals surface area contributed by atoms with E-state index in [1.54, 1.807) is 23.6 Å². The summed E-state index contributed by atoms with van der Waals surface area (Å²) in [6, 6.07) is 3.90. The number of piperidine rings is 1. The van der Waals surface area contributed by atoms with Gasteiger partial charge in [-0.1, -0.05) is 11.6 Å². The van der Waals surface area contributed by atoms with Crippen LogP contribution in [0.25, 0.3) is 0 Å². The highest BCUT2D eigenvalue weighted by Crippen LogP contribution is 2.44. The van der Waals surface area contributed by atoms with Crippen molar-refractivity contribution in [3.63, 3.8) is 0 Å². The van der Waals surface area contributed by atoms with Crippen molar-refractivity contribution in [1.82, 2.24) is 14.1 Å². The number of hydrogen-bond donors (Lipinski definition) is 0. The van der Waals surface area contributed by atoms with Crippen LogP contribution in [0.1, 0.15) is 37.3 Å². The molecule has 2 atom stereocenters. The topological polar surface area (TPSA) is 55.2 Å². The SMILES string of the molecule is Cc1cc(F)ccc1S(=O)(=O)N1C2CCC1CC(n1cc(Cl)cn1)C2. The fraction of sp³-hybridized carbons (Fsp3) is 0.471. The van der Waals surface area contributed by atoms with Crippen molar-refractivity contribution in [2.45, 2.75) is 55.6 Å². The molecule has 8 heteroatoms. The first-order chi connectivity index (χ1) is 11.9. The van der Waals surface area contributed by atoms with Gasteiger partial charge in [-0.3, -0.25) is 4.68 Å². The number of halogens is 2. The lowest BCUT2D eigenvalue weighted by atomic mass is 10.00. The van der Waals surface area contributed by atoms with Gasteiger partial charge in [0.1, 0.15) is 5.82 Å². The van der Waals surface area contributed by atoms with Gasteiger partial charge in [0, 0.05) is 18.3 Å². The molecule has 5 nitrogen and oxygen atoms in total. The average molecular weight is 384 g/mol. The zero-order valence-corrected chi connectivity index (χ0v) is 15.3. The molecule has 0 amide bonds. The van der Waals surface area contributed by atoms with Crippen molar-refractivity contribution in [1.29, 1.82) is 0 Å². The van der Waals surface area contributed by atoms with Crippen molar-refractivity contribution in [2.24, 2.45) is 0 Å². The number of rotatable bonds is 3. The van der Waals surface area contributed by atoms with E-state index < -0.39 is 15.8 Å². The Morgan fingerprint density at radius 3 is 2.44 bits per heavy atom. The third-order valence-corrected chi connectivity index (χ3v) is 7.64. The molecule has 2 aromatic rings. The van der Waals surface area contributed by atoms with Crippen molar-refractivity contribution < 1.29 is 12.8 Å². The molecule has 2 unspecified atom stereocenters. The summed E-state index contributed by atoms with van der Waals surface area (Å²) in [6.45, 7) is 1.64. The van der Waals surface area contributed by atoms with E-state index in [4.69, 9.17) is 11.6 Å². The Kier molecular flexibility index (Phi) is 4.13. The summed E-state index contributed by atoms with van der Waals surface area (Å²) >= 11 is 5.96. The molecular weight excluding hydrogens is 365 g/mol. The first kappa shape index (κ1) is 17.0. The Morgan fingerprint density at radius 2 is 1.88 bits per heavy atom. The van der Waals surface area contributed by atoms with Crippen molar-refractivity contribution in [3.8, 4) is 0 Å². The van der Waals surface area contributed by atoms with Crippen molar-refractivity contribution in [3.05, 3.63) is 47.0 Å². The first-order valence-corrected chi connectivity index (χ1v) is 10.2. The van der Waals surface area contributed by atoms with Crippen LogP contribution in [0.2, 0.25) is 5.02 Å². The first-order valence-electron chi connectivity index (χ1n) is 8.35.